The molecule has 0 aromatic heterocycles. The van der Waals surface area contributed by atoms with E-state index in [4.69, 9.17) is 0 Å². The summed E-state index contributed by atoms with van der Waals surface area (Å²) in [6, 6.07) is 16.7. The second-order valence-electron chi connectivity index (χ2n) is 6.60. The average molecular weight is 372 g/mol. The van der Waals surface area contributed by atoms with Gasteiger partial charge in [-0.1, -0.05) is 48.5 Å². The third-order valence-electron chi connectivity index (χ3n) is 4.70. The fraction of sp³-hybridized carbons (Fsp3) is 0.350. The number of amides is 1. The molecule has 0 atom stereocenters. The number of hydrogen-bond acceptors (Lipinski definition) is 3. The van der Waals surface area contributed by atoms with Crippen LogP contribution in [0.2, 0.25) is 0 Å². The molecule has 0 radical (unpaired) electrons. The highest BCUT2D eigenvalue weighted by Gasteiger charge is 2.27. The van der Waals surface area contributed by atoms with E-state index in [1.807, 2.05) is 61.5 Å². The maximum atomic E-state index is 12.8. The molecule has 2 aromatic rings. The molecule has 1 aliphatic heterocycles. The standard InChI is InChI=1S/C20H24N2O3S/c1-17-8-5-6-11-19(17)20(23)21-12-7-13-22(15-14-21)26(24,25)16-18-9-3-2-4-10-18/h2-6,8-11H,7,12-16H2,1H3. The quantitative estimate of drug-likeness (QED) is 0.829. The van der Waals surface area contributed by atoms with Crippen molar-refractivity contribution in [3.05, 3.63) is 71.3 Å². The van der Waals surface area contributed by atoms with Gasteiger partial charge in [0.25, 0.3) is 5.91 Å². The first-order valence-electron chi connectivity index (χ1n) is 8.84. The number of carbonyl (C=O) groups excluding carboxylic acids is 1. The molecule has 0 unspecified atom stereocenters. The summed E-state index contributed by atoms with van der Waals surface area (Å²) >= 11 is 0. The lowest BCUT2D eigenvalue weighted by Gasteiger charge is -2.22. The minimum absolute atomic E-state index is 0.000417. The van der Waals surface area contributed by atoms with Gasteiger partial charge in [-0.05, 0) is 30.5 Å². The van der Waals surface area contributed by atoms with Gasteiger partial charge in [0.1, 0.15) is 0 Å². The van der Waals surface area contributed by atoms with E-state index in [2.05, 4.69) is 0 Å². The number of aryl methyl sites for hydroxylation is 1. The van der Waals surface area contributed by atoms with Crippen molar-refractivity contribution in [1.82, 2.24) is 9.21 Å². The van der Waals surface area contributed by atoms with E-state index in [9.17, 15) is 13.2 Å². The van der Waals surface area contributed by atoms with Crippen molar-refractivity contribution in [3.8, 4) is 0 Å². The summed E-state index contributed by atoms with van der Waals surface area (Å²) in [6.07, 6.45) is 0.644. The Balaban J connectivity index is 1.68. The summed E-state index contributed by atoms with van der Waals surface area (Å²) in [4.78, 5) is 14.5. The van der Waals surface area contributed by atoms with Crippen LogP contribution in [0.4, 0.5) is 0 Å². The second kappa shape index (κ2) is 8.01. The Bertz CT molecular complexity index is 866. The van der Waals surface area contributed by atoms with E-state index >= 15 is 0 Å². The van der Waals surface area contributed by atoms with Crippen molar-refractivity contribution >= 4 is 15.9 Å². The summed E-state index contributed by atoms with van der Waals surface area (Å²) in [7, 11) is -3.39. The molecule has 1 fully saturated rings. The molecule has 138 valence electrons. The van der Waals surface area contributed by atoms with Crippen LogP contribution in [-0.4, -0.2) is 49.7 Å². The van der Waals surface area contributed by atoms with Gasteiger partial charge < -0.3 is 4.90 Å². The molecule has 1 heterocycles. The number of benzene rings is 2. The van der Waals surface area contributed by atoms with Crippen LogP contribution in [0.3, 0.4) is 0 Å². The largest absolute Gasteiger partial charge is 0.337 e. The van der Waals surface area contributed by atoms with E-state index in [0.29, 0.717) is 38.2 Å². The van der Waals surface area contributed by atoms with Gasteiger partial charge in [-0.3, -0.25) is 4.79 Å². The fourth-order valence-electron chi connectivity index (χ4n) is 3.23. The first-order chi connectivity index (χ1) is 12.5. The van der Waals surface area contributed by atoms with Gasteiger partial charge >= 0.3 is 0 Å². The monoisotopic (exact) mass is 372 g/mol. The Morgan fingerprint density at radius 3 is 2.35 bits per heavy atom. The van der Waals surface area contributed by atoms with Gasteiger partial charge in [-0.15, -0.1) is 0 Å². The van der Waals surface area contributed by atoms with E-state index < -0.39 is 10.0 Å². The van der Waals surface area contributed by atoms with Crippen molar-refractivity contribution in [2.75, 3.05) is 26.2 Å². The molecule has 0 aliphatic carbocycles. The molecule has 2 aromatic carbocycles. The molecule has 0 N–H and O–H groups in total. The summed E-state index contributed by atoms with van der Waals surface area (Å²) in [5.41, 5.74) is 2.41. The maximum absolute atomic E-state index is 12.8. The second-order valence-corrected chi connectivity index (χ2v) is 8.57. The zero-order valence-electron chi connectivity index (χ0n) is 15.0. The molecule has 0 saturated carbocycles. The van der Waals surface area contributed by atoms with E-state index in [-0.39, 0.29) is 11.7 Å². The van der Waals surface area contributed by atoms with E-state index in [1.54, 1.807) is 4.90 Å². The topological polar surface area (TPSA) is 57.7 Å². The van der Waals surface area contributed by atoms with Crippen molar-refractivity contribution in [3.63, 3.8) is 0 Å². The lowest BCUT2D eigenvalue weighted by molar-refractivity contribution is 0.0763. The molecule has 6 heteroatoms. The number of rotatable bonds is 4. The van der Waals surface area contributed by atoms with Crippen LogP contribution in [-0.2, 0) is 15.8 Å². The van der Waals surface area contributed by atoms with Gasteiger partial charge in [0.05, 0.1) is 5.75 Å². The molecule has 3 rings (SSSR count). The number of hydrogen-bond donors (Lipinski definition) is 0. The molecule has 1 amide bonds. The maximum Gasteiger partial charge on any atom is 0.254 e. The van der Waals surface area contributed by atoms with Crippen molar-refractivity contribution in [2.24, 2.45) is 0 Å². The van der Waals surface area contributed by atoms with Gasteiger partial charge in [-0.25, -0.2) is 8.42 Å². The summed E-state index contributed by atoms with van der Waals surface area (Å²) in [5, 5.41) is 0. The first kappa shape index (κ1) is 18.6. The molecule has 5 nitrogen and oxygen atoms in total. The first-order valence-corrected chi connectivity index (χ1v) is 10.4. The summed E-state index contributed by atoms with van der Waals surface area (Å²) in [6.45, 7) is 3.70. The highest BCUT2D eigenvalue weighted by atomic mass is 32.2. The molecule has 26 heavy (non-hydrogen) atoms. The SMILES string of the molecule is Cc1ccccc1C(=O)N1CCCN(S(=O)(=O)Cc2ccccc2)CC1. The Labute approximate surface area is 155 Å². The number of carbonyl (C=O) groups is 1. The van der Waals surface area contributed by atoms with Crippen LogP contribution >= 0.6 is 0 Å². The zero-order chi connectivity index (χ0) is 18.6. The smallest absolute Gasteiger partial charge is 0.254 e. The van der Waals surface area contributed by atoms with Crippen LogP contribution < -0.4 is 0 Å². The zero-order valence-corrected chi connectivity index (χ0v) is 15.8. The van der Waals surface area contributed by atoms with Crippen molar-refractivity contribution in [1.29, 1.82) is 0 Å². The highest BCUT2D eigenvalue weighted by Crippen LogP contribution is 2.16. The third kappa shape index (κ3) is 4.31. The minimum Gasteiger partial charge on any atom is -0.337 e. The van der Waals surface area contributed by atoms with Crippen LogP contribution in [0.1, 0.15) is 27.9 Å². The van der Waals surface area contributed by atoms with Crippen molar-refractivity contribution < 1.29 is 13.2 Å². The van der Waals surface area contributed by atoms with Gasteiger partial charge in [0, 0.05) is 31.7 Å². The predicted molar refractivity (Wildman–Crippen MR) is 102 cm³/mol. The van der Waals surface area contributed by atoms with E-state index in [1.165, 1.54) is 4.31 Å². The number of nitrogens with zero attached hydrogens (tertiary/aromatic N) is 2. The van der Waals surface area contributed by atoms with Crippen LogP contribution in [0.5, 0.6) is 0 Å². The fourth-order valence-corrected chi connectivity index (χ4v) is 4.80. The Kier molecular flexibility index (Phi) is 5.74. The predicted octanol–water partition coefficient (Wildman–Crippen LogP) is 2.67. The van der Waals surface area contributed by atoms with Crippen molar-refractivity contribution in [2.45, 2.75) is 19.1 Å². The van der Waals surface area contributed by atoms with E-state index in [0.717, 1.165) is 11.1 Å². The Morgan fingerprint density at radius 2 is 1.62 bits per heavy atom. The average Bonchev–Trinajstić information content (AvgIpc) is 2.89. The van der Waals surface area contributed by atoms with Gasteiger partial charge in [-0.2, -0.15) is 4.31 Å². The van der Waals surface area contributed by atoms with Crippen LogP contribution in [0, 0.1) is 6.92 Å². The number of sulfonamides is 1. The molecule has 0 spiro atoms. The third-order valence-corrected chi connectivity index (χ3v) is 6.55. The normalized spacial score (nSPS) is 16.3. The molecule has 1 aliphatic rings. The Morgan fingerprint density at radius 1 is 0.923 bits per heavy atom. The molecule has 1 saturated heterocycles. The lowest BCUT2D eigenvalue weighted by atomic mass is 10.1. The van der Waals surface area contributed by atoms with Gasteiger partial charge in [0.2, 0.25) is 10.0 Å². The van der Waals surface area contributed by atoms with Gasteiger partial charge in [0.15, 0.2) is 0 Å². The molecular weight excluding hydrogens is 348 g/mol. The van der Waals surface area contributed by atoms with Crippen LogP contribution in [0.15, 0.2) is 54.6 Å². The molecular formula is C20H24N2O3S. The minimum atomic E-state index is -3.39. The summed E-state index contributed by atoms with van der Waals surface area (Å²) in [5.74, 6) is -0.0232. The highest BCUT2D eigenvalue weighted by molar-refractivity contribution is 7.88. The lowest BCUT2D eigenvalue weighted by Crippen LogP contribution is -2.38. The molecule has 0 bridgehead atoms. The summed E-state index contributed by atoms with van der Waals surface area (Å²) < 4.78 is 27.0. The van der Waals surface area contributed by atoms with Crippen LogP contribution in [0.25, 0.3) is 0 Å². The Hall–Kier alpha value is -2.18.